The van der Waals surface area contributed by atoms with Crippen molar-refractivity contribution in [1.29, 1.82) is 5.26 Å². The molecule has 3 heterocycles. The highest BCUT2D eigenvalue weighted by molar-refractivity contribution is 9.11. The van der Waals surface area contributed by atoms with Gasteiger partial charge in [0.25, 0.3) is 0 Å². The second-order valence-electron chi connectivity index (χ2n) is 4.06. The van der Waals surface area contributed by atoms with Crippen LogP contribution >= 0.6 is 27.3 Å². The number of thiophene rings is 1. The number of rotatable bonds is 2. The van der Waals surface area contributed by atoms with Crippen molar-refractivity contribution in [2.75, 3.05) is 13.2 Å². The monoisotopic (exact) mass is 321 g/mol. The lowest BCUT2D eigenvalue weighted by atomic mass is 9.87. The summed E-state index contributed by atoms with van der Waals surface area (Å²) >= 11 is 5.03. The summed E-state index contributed by atoms with van der Waals surface area (Å²) in [6.45, 7) is 0.752. The van der Waals surface area contributed by atoms with Crippen molar-refractivity contribution in [3.63, 3.8) is 0 Å². The maximum atomic E-state index is 9.24. The van der Waals surface area contributed by atoms with Crippen LogP contribution in [0.5, 0.6) is 0 Å². The summed E-state index contributed by atoms with van der Waals surface area (Å²) in [6, 6.07) is 8.09. The van der Waals surface area contributed by atoms with Gasteiger partial charge in [-0.05, 0) is 34.1 Å². The predicted octanol–water partition coefficient (Wildman–Crippen LogP) is 2.76. The molecule has 1 aliphatic rings. The molecule has 0 radical (unpaired) electrons. The molecule has 2 aromatic rings. The summed E-state index contributed by atoms with van der Waals surface area (Å²) in [5, 5.41) is 9.24. The lowest BCUT2D eigenvalue weighted by Gasteiger charge is -2.33. The average Bonchev–Trinajstić information content (AvgIpc) is 2.76. The molecule has 4 nitrogen and oxygen atoms in total. The van der Waals surface area contributed by atoms with E-state index >= 15 is 0 Å². The molecular formula is C12H8BrN3OS. The van der Waals surface area contributed by atoms with Crippen molar-refractivity contribution < 1.29 is 4.74 Å². The zero-order valence-electron chi connectivity index (χ0n) is 9.26. The van der Waals surface area contributed by atoms with E-state index in [1.807, 2.05) is 18.2 Å². The molecule has 2 aromatic heterocycles. The van der Waals surface area contributed by atoms with Crippen LogP contribution in [0.4, 0.5) is 0 Å². The number of nitriles is 1. The minimum atomic E-state index is -0.662. The Balaban J connectivity index is 2.02. The van der Waals surface area contributed by atoms with Gasteiger partial charge in [0.15, 0.2) is 11.2 Å². The van der Waals surface area contributed by atoms with Crippen LogP contribution < -0.4 is 0 Å². The first-order valence-electron chi connectivity index (χ1n) is 5.32. The normalized spacial score (nSPS) is 16.9. The minimum absolute atomic E-state index is 0.376. The van der Waals surface area contributed by atoms with Crippen molar-refractivity contribution in [1.82, 2.24) is 9.97 Å². The first-order chi connectivity index (χ1) is 8.73. The smallest absolute Gasteiger partial charge is 0.163 e. The Morgan fingerprint density at radius 3 is 2.78 bits per heavy atom. The highest BCUT2D eigenvalue weighted by Gasteiger charge is 2.43. The Kier molecular flexibility index (Phi) is 2.90. The SMILES string of the molecule is N#CC1(c2nccc(-c3ccc(Br)s3)n2)COC1. The van der Waals surface area contributed by atoms with Gasteiger partial charge in [-0.3, -0.25) is 0 Å². The molecule has 0 atom stereocenters. The Hall–Kier alpha value is -1.29. The molecule has 90 valence electrons. The van der Waals surface area contributed by atoms with E-state index in [1.54, 1.807) is 17.5 Å². The van der Waals surface area contributed by atoms with Gasteiger partial charge in [0.1, 0.15) is 0 Å². The van der Waals surface area contributed by atoms with Gasteiger partial charge in [0.05, 0.1) is 33.6 Å². The zero-order valence-corrected chi connectivity index (χ0v) is 11.7. The largest absolute Gasteiger partial charge is 0.377 e. The Morgan fingerprint density at radius 2 is 2.22 bits per heavy atom. The molecule has 0 unspecified atom stereocenters. The number of hydrogen-bond donors (Lipinski definition) is 0. The van der Waals surface area contributed by atoms with E-state index in [0.29, 0.717) is 19.0 Å². The molecule has 6 heteroatoms. The van der Waals surface area contributed by atoms with Crippen molar-refractivity contribution >= 4 is 27.3 Å². The Morgan fingerprint density at radius 1 is 1.39 bits per heavy atom. The maximum Gasteiger partial charge on any atom is 0.163 e. The second-order valence-corrected chi connectivity index (χ2v) is 6.52. The van der Waals surface area contributed by atoms with E-state index in [4.69, 9.17) is 4.74 Å². The van der Waals surface area contributed by atoms with Crippen molar-refractivity contribution in [3.8, 4) is 16.6 Å². The van der Waals surface area contributed by atoms with Gasteiger partial charge in [0, 0.05) is 6.20 Å². The van der Waals surface area contributed by atoms with E-state index in [2.05, 4.69) is 32.0 Å². The first-order valence-corrected chi connectivity index (χ1v) is 6.93. The van der Waals surface area contributed by atoms with Crippen molar-refractivity contribution in [2.45, 2.75) is 5.41 Å². The third-order valence-electron chi connectivity index (χ3n) is 2.82. The highest BCUT2D eigenvalue weighted by Crippen LogP contribution is 2.33. The molecule has 0 saturated carbocycles. The molecule has 0 aromatic carbocycles. The summed E-state index contributed by atoms with van der Waals surface area (Å²) in [4.78, 5) is 9.77. The number of halogens is 1. The van der Waals surface area contributed by atoms with Gasteiger partial charge in [-0.15, -0.1) is 11.3 Å². The molecule has 1 saturated heterocycles. The van der Waals surface area contributed by atoms with Crippen molar-refractivity contribution in [3.05, 3.63) is 34.0 Å². The van der Waals surface area contributed by atoms with Crippen LogP contribution in [0.3, 0.4) is 0 Å². The number of aromatic nitrogens is 2. The lowest BCUT2D eigenvalue weighted by molar-refractivity contribution is -0.0338. The summed E-state index contributed by atoms with van der Waals surface area (Å²) in [7, 11) is 0. The first kappa shape index (κ1) is 11.8. The van der Waals surface area contributed by atoms with Gasteiger partial charge in [-0.25, -0.2) is 9.97 Å². The van der Waals surface area contributed by atoms with E-state index < -0.39 is 5.41 Å². The third-order valence-corrected chi connectivity index (χ3v) is 4.47. The van der Waals surface area contributed by atoms with Gasteiger partial charge >= 0.3 is 0 Å². The second kappa shape index (κ2) is 4.43. The maximum absolute atomic E-state index is 9.24. The van der Waals surface area contributed by atoms with Crippen LogP contribution in [-0.2, 0) is 10.2 Å². The summed E-state index contributed by atoms with van der Waals surface area (Å²) in [5.74, 6) is 0.554. The molecule has 3 rings (SSSR count). The van der Waals surface area contributed by atoms with Crippen LogP contribution in [0.25, 0.3) is 10.6 Å². The summed E-state index contributed by atoms with van der Waals surface area (Å²) in [5.41, 5.74) is 0.182. The standard InChI is InChI=1S/C12H8BrN3OS/c13-10-2-1-9(18-10)8-3-4-15-11(16-8)12(5-14)6-17-7-12/h1-4H,6-7H2. The fourth-order valence-electron chi connectivity index (χ4n) is 1.73. The molecule has 0 spiro atoms. The van der Waals surface area contributed by atoms with Gasteiger partial charge < -0.3 is 4.74 Å². The summed E-state index contributed by atoms with van der Waals surface area (Å²) in [6.07, 6.45) is 1.70. The predicted molar refractivity (Wildman–Crippen MR) is 71.2 cm³/mol. The molecule has 0 aliphatic carbocycles. The number of hydrogen-bond acceptors (Lipinski definition) is 5. The molecule has 18 heavy (non-hydrogen) atoms. The van der Waals surface area contributed by atoms with Crippen LogP contribution in [0.15, 0.2) is 28.2 Å². The molecule has 1 fully saturated rings. The Labute approximate surface area is 116 Å². The Bertz CT molecular complexity index is 630. The fourth-order valence-corrected chi connectivity index (χ4v) is 3.08. The lowest BCUT2D eigenvalue weighted by Crippen LogP contribution is -2.46. The van der Waals surface area contributed by atoms with Crippen LogP contribution in [0, 0.1) is 11.3 Å². The quantitative estimate of drug-likeness (QED) is 0.853. The molecule has 1 aliphatic heterocycles. The van der Waals surface area contributed by atoms with E-state index in [-0.39, 0.29) is 0 Å². The molecule has 0 amide bonds. The van der Waals surface area contributed by atoms with Gasteiger partial charge in [-0.2, -0.15) is 5.26 Å². The fraction of sp³-hybridized carbons (Fsp3) is 0.250. The van der Waals surface area contributed by atoms with Crippen LogP contribution in [-0.4, -0.2) is 23.2 Å². The molecule has 0 N–H and O–H groups in total. The third kappa shape index (κ3) is 1.85. The van der Waals surface area contributed by atoms with E-state index in [0.717, 1.165) is 14.4 Å². The van der Waals surface area contributed by atoms with E-state index in [1.165, 1.54) is 0 Å². The number of ether oxygens (including phenoxy) is 1. The zero-order chi connectivity index (χ0) is 12.6. The summed E-state index contributed by atoms with van der Waals surface area (Å²) < 4.78 is 6.18. The van der Waals surface area contributed by atoms with Gasteiger partial charge in [-0.1, -0.05) is 0 Å². The van der Waals surface area contributed by atoms with Crippen LogP contribution in [0.2, 0.25) is 0 Å². The minimum Gasteiger partial charge on any atom is -0.377 e. The van der Waals surface area contributed by atoms with Crippen molar-refractivity contribution in [2.24, 2.45) is 0 Å². The molecular weight excluding hydrogens is 314 g/mol. The van der Waals surface area contributed by atoms with Gasteiger partial charge in [0.2, 0.25) is 0 Å². The highest BCUT2D eigenvalue weighted by atomic mass is 79.9. The van der Waals surface area contributed by atoms with E-state index in [9.17, 15) is 5.26 Å². The molecule has 0 bridgehead atoms. The average molecular weight is 322 g/mol. The van der Waals surface area contributed by atoms with Crippen LogP contribution in [0.1, 0.15) is 5.82 Å². The number of nitrogens with zero attached hydrogens (tertiary/aromatic N) is 3. The topological polar surface area (TPSA) is 58.8 Å².